The maximum absolute atomic E-state index is 5.89. The summed E-state index contributed by atoms with van der Waals surface area (Å²) in [5.41, 5.74) is 7.22. The molecule has 2 N–H and O–H groups in total. The minimum Gasteiger partial charge on any atom is -0.436 e. The Balaban J connectivity index is 2.33. The van der Waals surface area contributed by atoms with E-state index in [1.807, 2.05) is 19.1 Å². The minimum atomic E-state index is 0.396. The highest BCUT2D eigenvalue weighted by molar-refractivity contribution is 6.30. The van der Waals surface area contributed by atoms with Crippen molar-refractivity contribution in [2.75, 3.05) is 5.73 Å². The van der Waals surface area contributed by atoms with E-state index in [0.29, 0.717) is 22.3 Å². The largest absolute Gasteiger partial charge is 0.436 e. The zero-order valence-corrected chi connectivity index (χ0v) is 9.82. The number of halogens is 1. The molecule has 84 valence electrons. The second-order valence-electron chi connectivity index (χ2n) is 3.58. The van der Waals surface area contributed by atoms with Crippen LogP contribution in [0.5, 0.6) is 11.6 Å². The summed E-state index contributed by atoms with van der Waals surface area (Å²) >= 11 is 5.89. The smallest absolute Gasteiger partial charge is 0.261 e. The van der Waals surface area contributed by atoms with Gasteiger partial charge < -0.3 is 10.5 Å². The van der Waals surface area contributed by atoms with E-state index < -0.39 is 0 Å². The number of benzene rings is 1. The number of ether oxygens (including phenoxy) is 1. The van der Waals surface area contributed by atoms with Crippen LogP contribution in [0.25, 0.3) is 0 Å². The van der Waals surface area contributed by atoms with Crippen LogP contribution in [0.15, 0.2) is 24.4 Å². The van der Waals surface area contributed by atoms with E-state index in [2.05, 4.69) is 5.10 Å². The molecule has 2 aromatic rings. The van der Waals surface area contributed by atoms with E-state index in [-0.39, 0.29) is 0 Å². The van der Waals surface area contributed by atoms with Crippen molar-refractivity contribution in [3.63, 3.8) is 0 Å². The zero-order chi connectivity index (χ0) is 11.7. The summed E-state index contributed by atoms with van der Waals surface area (Å²) in [7, 11) is 1.79. The number of nitrogen functional groups attached to an aromatic ring is 1. The van der Waals surface area contributed by atoms with E-state index in [1.54, 1.807) is 24.0 Å². The van der Waals surface area contributed by atoms with Crippen LogP contribution in [0.3, 0.4) is 0 Å². The van der Waals surface area contributed by atoms with Gasteiger partial charge in [0.25, 0.3) is 5.88 Å². The summed E-state index contributed by atoms with van der Waals surface area (Å²) < 4.78 is 7.20. The first-order valence-corrected chi connectivity index (χ1v) is 5.17. The number of nitrogens with two attached hydrogens (primary N) is 1. The molecule has 4 nitrogen and oxygen atoms in total. The molecule has 2 rings (SSSR count). The van der Waals surface area contributed by atoms with E-state index in [9.17, 15) is 0 Å². The topological polar surface area (TPSA) is 53.1 Å². The molecule has 0 radical (unpaired) electrons. The molecule has 0 saturated heterocycles. The van der Waals surface area contributed by atoms with Gasteiger partial charge in [-0.1, -0.05) is 17.7 Å². The van der Waals surface area contributed by atoms with E-state index in [4.69, 9.17) is 22.1 Å². The second kappa shape index (κ2) is 4.06. The number of rotatable bonds is 2. The lowest BCUT2D eigenvalue weighted by Gasteiger charge is -2.06. The molecule has 5 heteroatoms. The monoisotopic (exact) mass is 237 g/mol. The highest BCUT2D eigenvalue weighted by atomic mass is 35.5. The minimum absolute atomic E-state index is 0.396. The van der Waals surface area contributed by atoms with Gasteiger partial charge >= 0.3 is 0 Å². The summed E-state index contributed by atoms with van der Waals surface area (Å²) in [4.78, 5) is 0. The van der Waals surface area contributed by atoms with Crippen LogP contribution in [0, 0.1) is 6.92 Å². The van der Waals surface area contributed by atoms with Crippen molar-refractivity contribution in [3.05, 3.63) is 35.0 Å². The molecule has 1 aromatic carbocycles. The predicted octanol–water partition coefficient (Wildman–Crippen LogP) is 2.76. The third-order valence-corrected chi connectivity index (χ3v) is 2.41. The molecule has 0 fully saturated rings. The molecule has 0 aliphatic rings. The fourth-order valence-electron chi connectivity index (χ4n) is 1.35. The van der Waals surface area contributed by atoms with Gasteiger partial charge in [-0.15, -0.1) is 5.10 Å². The van der Waals surface area contributed by atoms with Crippen molar-refractivity contribution in [2.24, 2.45) is 7.05 Å². The van der Waals surface area contributed by atoms with Gasteiger partial charge in [0.1, 0.15) is 11.4 Å². The molecule has 1 aromatic heterocycles. The molecule has 0 aliphatic heterocycles. The lowest BCUT2D eigenvalue weighted by molar-refractivity contribution is 0.452. The van der Waals surface area contributed by atoms with Gasteiger partial charge in [0.05, 0.1) is 6.20 Å². The highest BCUT2D eigenvalue weighted by Crippen LogP contribution is 2.29. The Kier molecular flexibility index (Phi) is 2.75. The van der Waals surface area contributed by atoms with Crippen LogP contribution in [0.1, 0.15) is 5.56 Å². The normalized spacial score (nSPS) is 10.4. The highest BCUT2D eigenvalue weighted by Gasteiger charge is 2.08. The summed E-state index contributed by atoms with van der Waals surface area (Å²) in [6.07, 6.45) is 1.69. The maximum atomic E-state index is 5.89. The average Bonchev–Trinajstić information content (AvgIpc) is 2.51. The molecule has 0 atom stereocenters. The first kappa shape index (κ1) is 10.8. The second-order valence-corrected chi connectivity index (χ2v) is 4.01. The van der Waals surface area contributed by atoms with Crippen molar-refractivity contribution in [3.8, 4) is 11.6 Å². The maximum Gasteiger partial charge on any atom is 0.261 e. The van der Waals surface area contributed by atoms with E-state index >= 15 is 0 Å². The molecule has 0 unspecified atom stereocenters. The first-order chi connectivity index (χ1) is 7.56. The van der Waals surface area contributed by atoms with E-state index in [0.717, 1.165) is 5.56 Å². The SMILES string of the molecule is Cc1ccc(Cl)cc1Oc1nn(C)cc1N. The zero-order valence-electron chi connectivity index (χ0n) is 9.07. The van der Waals surface area contributed by atoms with Gasteiger partial charge in [0, 0.05) is 12.1 Å². The average molecular weight is 238 g/mol. The molecular weight excluding hydrogens is 226 g/mol. The van der Waals surface area contributed by atoms with Gasteiger partial charge in [-0.05, 0) is 24.6 Å². The molecule has 0 spiro atoms. The van der Waals surface area contributed by atoms with Gasteiger partial charge in [-0.2, -0.15) is 0 Å². The lowest BCUT2D eigenvalue weighted by Crippen LogP contribution is -1.92. The Morgan fingerprint density at radius 3 is 2.81 bits per heavy atom. The number of anilines is 1. The molecular formula is C11H12ClN3O. The van der Waals surface area contributed by atoms with Gasteiger partial charge in [-0.3, -0.25) is 4.68 Å². The third-order valence-electron chi connectivity index (χ3n) is 2.18. The van der Waals surface area contributed by atoms with Gasteiger partial charge in [0.2, 0.25) is 0 Å². The molecule has 0 amide bonds. The number of nitrogens with zero attached hydrogens (tertiary/aromatic N) is 2. The molecule has 16 heavy (non-hydrogen) atoms. The van der Waals surface area contributed by atoms with Crippen LogP contribution in [0.2, 0.25) is 5.02 Å². The van der Waals surface area contributed by atoms with Crippen LogP contribution >= 0.6 is 11.6 Å². The van der Waals surface area contributed by atoms with Gasteiger partial charge in [0.15, 0.2) is 0 Å². The Morgan fingerprint density at radius 2 is 2.19 bits per heavy atom. The van der Waals surface area contributed by atoms with Crippen molar-refractivity contribution in [1.29, 1.82) is 0 Å². The summed E-state index contributed by atoms with van der Waals surface area (Å²) in [5, 5.41) is 4.72. The third kappa shape index (κ3) is 2.12. The Bertz CT molecular complexity index is 522. The number of hydrogen-bond acceptors (Lipinski definition) is 3. The predicted molar refractivity (Wildman–Crippen MR) is 63.9 cm³/mol. The number of aryl methyl sites for hydroxylation is 2. The van der Waals surface area contributed by atoms with Crippen LogP contribution in [-0.4, -0.2) is 9.78 Å². The fraction of sp³-hybridized carbons (Fsp3) is 0.182. The number of hydrogen-bond donors (Lipinski definition) is 1. The Morgan fingerprint density at radius 1 is 1.44 bits per heavy atom. The van der Waals surface area contributed by atoms with Crippen LogP contribution in [0.4, 0.5) is 5.69 Å². The van der Waals surface area contributed by atoms with Crippen LogP contribution in [-0.2, 0) is 7.05 Å². The quantitative estimate of drug-likeness (QED) is 0.874. The van der Waals surface area contributed by atoms with E-state index in [1.165, 1.54) is 0 Å². The first-order valence-electron chi connectivity index (χ1n) is 4.79. The Hall–Kier alpha value is -1.68. The Labute approximate surface area is 98.6 Å². The van der Waals surface area contributed by atoms with Crippen molar-refractivity contribution >= 4 is 17.3 Å². The van der Waals surface area contributed by atoms with Crippen LogP contribution < -0.4 is 10.5 Å². The summed E-state index contributed by atoms with van der Waals surface area (Å²) in [5.74, 6) is 1.06. The summed E-state index contributed by atoms with van der Waals surface area (Å²) in [6, 6.07) is 5.44. The standard InChI is InChI=1S/C11H12ClN3O/c1-7-3-4-8(12)5-10(7)16-11-9(13)6-15(2)14-11/h3-6H,13H2,1-2H3. The van der Waals surface area contributed by atoms with Crippen molar-refractivity contribution < 1.29 is 4.74 Å². The lowest BCUT2D eigenvalue weighted by atomic mass is 10.2. The van der Waals surface area contributed by atoms with Crippen molar-refractivity contribution in [1.82, 2.24) is 9.78 Å². The van der Waals surface area contributed by atoms with Crippen molar-refractivity contribution in [2.45, 2.75) is 6.92 Å². The fourth-order valence-corrected chi connectivity index (χ4v) is 1.52. The van der Waals surface area contributed by atoms with Gasteiger partial charge in [-0.25, -0.2) is 0 Å². The number of aromatic nitrogens is 2. The molecule has 0 bridgehead atoms. The summed E-state index contributed by atoms with van der Waals surface area (Å²) in [6.45, 7) is 1.94. The molecule has 0 aliphatic carbocycles. The molecule has 1 heterocycles. The molecule has 0 saturated carbocycles.